The number of rotatable bonds is 5. The molecule has 7 nitrogen and oxygen atoms in total. The minimum Gasteiger partial charge on any atom is -0.381 e. The van der Waals surface area contributed by atoms with Gasteiger partial charge in [-0.3, -0.25) is 10.1 Å². The number of nitrogens with one attached hydrogen (secondary N) is 1. The van der Waals surface area contributed by atoms with E-state index >= 15 is 0 Å². The zero-order valence-electron chi connectivity index (χ0n) is 11.1. The van der Waals surface area contributed by atoms with Crippen molar-refractivity contribution in [2.75, 3.05) is 19.8 Å². The third-order valence-electron chi connectivity index (χ3n) is 3.32. The van der Waals surface area contributed by atoms with Gasteiger partial charge in [0.2, 0.25) is 10.0 Å². The second-order valence-electron chi connectivity index (χ2n) is 4.78. The van der Waals surface area contributed by atoms with Gasteiger partial charge >= 0.3 is 0 Å². The van der Waals surface area contributed by atoms with Crippen LogP contribution < -0.4 is 4.72 Å². The number of hydrogen-bond acceptors (Lipinski definition) is 5. The summed E-state index contributed by atoms with van der Waals surface area (Å²) >= 11 is 5.85. The van der Waals surface area contributed by atoms with Crippen molar-refractivity contribution in [3.05, 3.63) is 33.3 Å². The van der Waals surface area contributed by atoms with Gasteiger partial charge in [-0.15, -0.1) is 0 Å². The van der Waals surface area contributed by atoms with Crippen LogP contribution in [0.25, 0.3) is 0 Å². The lowest BCUT2D eigenvalue weighted by atomic mass is 10.0. The third kappa shape index (κ3) is 4.13. The van der Waals surface area contributed by atoms with Crippen molar-refractivity contribution in [3.8, 4) is 0 Å². The van der Waals surface area contributed by atoms with Gasteiger partial charge in [-0.05, 0) is 24.8 Å². The van der Waals surface area contributed by atoms with E-state index in [-0.39, 0.29) is 28.1 Å². The van der Waals surface area contributed by atoms with E-state index < -0.39 is 14.9 Å². The molecular formula is C12H15ClN2O5S. The molecule has 9 heteroatoms. The zero-order valence-corrected chi connectivity index (χ0v) is 12.7. The number of hydrogen-bond donors (Lipinski definition) is 1. The molecule has 1 aliphatic rings. The van der Waals surface area contributed by atoms with Crippen molar-refractivity contribution in [1.82, 2.24) is 4.72 Å². The molecule has 0 radical (unpaired) electrons. The highest BCUT2D eigenvalue weighted by molar-refractivity contribution is 7.89. The molecule has 0 saturated carbocycles. The number of benzene rings is 1. The minimum atomic E-state index is -3.87. The molecule has 0 aliphatic carbocycles. The molecule has 1 aromatic rings. The normalized spacial score (nSPS) is 16.8. The average molecular weight is 335 g/mol. The standard InChI is InChI=1S/C12H15ClN2O5S/c13-11-2-1-10(15(16)17)7-12(11)21(18,19)14-8-9-3-5-20-6-4-9/h1-2,7,9,14H,3-6,8H2. The number of halogens is 1. The van der Waals surface area contributed by atoms with Gasteiger partial charge in [0.15, 0.2) is 0 Å². The summed E-state index contributed by atoms with van der Waals surface area (Å²) in [6, 6.07) is 3.34. The maximum absolute atomic E-state index is 12.2. The molecule has 0 aromatic heterocycles. The zero-order chi connectivity index (χ0) is 15.5. The van der Waals surface area contributed by atoms with E-state index in [1.54, 1.807) is 0 Å². The number of ether oxygens (including phenoxy) is 1. The summed E-state index contributed by atoms with van der Waals surface area (Å²) in [6.45, 7) is 1.50. The van der Waals surface area contributed by atoms with Gasteiger partial charge in [-0.2, -0.15) is 0 Å². The molecule has 1 aromatic carbocycles. The van der Waals surface area contributed by atoms with Crippen molar-refractivity contribution in [2.45, 2.75) is 17.7 Å². The molecule has 1 heterocycles. The van der Waals surface area contributed by atoms with Crippen LogP contribution in [0.3, 0.4) is 0 Å². The van der Waals surface area contributed by atoms with Crippen molar-refractivity contribution in [1.29, 1.82) is 0 Å². The fraction of sp³-hybridized carbons (Fsp3) is 0.500. The quantitative estimate of drug-likeness (QED) is 0.655. The van der Waals surface area contributed by atoms with Gasteiger partial charge in [0.25, 0.3) is 5.69 Å². The summed E-state index contributed by atoms with van der Waals surface area (Å²) in [4.78, 5) is 9.80. The van der Waals surface area contributed by atoms with Crippen molar-refractivity contribution in [2.24, 2.45) is 5.92 Å². The SMILES string of the molecule is O=[N+]([O-])c1ccc(Cl)c(S(=O)(=O)NCC2CCOCC2)c1. The van der Waals surface area contributed by atoms with Gasteiger partial charge in [0.05, 0.1) is 9.95 Å². The fourth-order valence-corrected chi connectivity index (χ4v) is 3.70. The van der Waals surface area contributed by atoms with Crippen LogP contribution in [-0.2, 0) is 14.8 Å². The monoisotopic (exact) mass is 334 g/mol. The molecule has 0 bridgehead atoms. The predicted molar refractivity (Wildman–Crippen MR) is 76.8 cm³/mol. The highest BCUT2D eigenvalue weighted by Gasteiger charge is 2.23. The number of nitro groups is 1. The molecule has 116 valence electrons. The molecular weight excluding hydrogens is 320 g/mol. The van der Waals surface area contributed by atoms with Crippen molar-refractivity contribution < 1.29 is 18.1 Å². The molecule has 2 rings (SSSR count). The lowest BCUT2D eigenvalue weighted by Gasteiger charge is -2.22. The summed E-state index contributed by atoms with van der Waals surface area (Å²) in [7, 11) is -3.87. The molecule has 0 unspecified atom stereocenters. The Labute approximate surface area is 127 Å². The first-order valence-corrected chi connectivity index (χ1v) is 8.27. The molecule has 0 spiro atoms. The Bertz CT molecular complexity index is 629. The minimum absolute atomic E-state index is 0.0416. The molecule has 0 amide bonds. The van der Waals surface area contributed by atoms with E-state index in [9.17, 15) is 18.5 Å². The molecule has 1 aliphatic heterocycles. The molecule has 21 heavy (non-hydrogen) atoms. The van der Waals surface area contributed by atoms with Crippen LogP contribution in [0.2, 0.25) is 5.02 Å². The van der Waals surface area contributed by atoms with E-state index in [1.165, 1.54) is 12.1 Å². The van der Waals surface area contributed by atoms with Crippen LogP contribution in [0.1, 0.15) is 12.8 Å². The van der Waals surface area contributed by atoms with E-state index in [4.69, 9.17) is 16.3 Å². The first kappa shape index (κ1) is 16.2. The van der Waals surface area contributed by atoms with Crippen LogP contribution in [0, 0.1) is 16.0 Å². The van der Waals surface area contributed by atoms with Crippen LogP contribution in [0.15, 0.2) is 23.1 Å². The first-order chi connectivity index (χ1) is 9.90. The van der Waals surface area contributed by atoms with Crippen LogP contribution in [0.5, 0.6) is 0 Å². The number of sulfonamides is 1. The first-order valence-electron chi connectivity index (χ1n) is 6.41. The van der Waals surface area contributed by atoms with Crippen molar-refractivity contribution in [3.63, 3.8) is 0 Å². The summed E-state index contributed by atoms with van der Waals surface area (Å²) < 4.78 is 32.1. The Morgan fingerprint density at radius 3 is 2.67 bits per heavy atom. The molecule has 1 N–H and O–H groups in total. The Kier molecular flexibility index (Phi) is 5.15. The number of non-ortho nitro benzene ring substituents is 1. The van der Waals surface area contributed by atoms with E-state index in [0.29, 0.717) is 13.2 Å². The second-order valence-corrected chi connectivity index (χ2v) is 6.92. The lowest BCUT2D eigenvalue weighted by Crippen LogP contribution is -2.32. The average Bonchev–Trinajstić information content (AvgIpc) is 2.46. The maximum atomic E-state index is 12.2. The maximum Gasteiger partial charge on any atom is 0.270 e. The topological polar surface area (TPSA) is 98.5 Å². The van der Waals surface area contributed by atoms with Gasteiger partial charge in [0.1, 0.15) is 4.90 Å². The van der Waals surface area contributed by atoms with Gasteiger partial charge in [0, 0.05) is 31.9 Å². The smallest absolute Gasteiger partial charge is 0.270 e. The third-order valence-corrected chi connectivity index (χ3v) is 5.22. The lowest BCUT2D eigenvalue weighted by molar-refractivity contribution is -0.385. The van der Waals surface area contributed by atoms with E-state index in [0.717, 1.165) is 18.9 Å². The van der Waals surface area contributed by atoms with Crippen LogP contribution in [-0.4, -0.2) is 33.1 Å². The van der Waals surface area contributed by atoms with Gasteiger partial charge in [-0.1, -0.05) is 11.6 Å². The highest BCUT2D eigenvalue weighted by Crippen LogP contribution is 2.26. The summed E-state index contributed by atoms with van der Waals surface area (Å²) in [5, 5.41) is 10.7. The van der Waals surface area contributed by atoms with Gasteiger partial charge < -0.3 is 4.74 Å². The highest BCUT2D eigenvalue weighted by atomic mass is 35.5. The fourth-order valence-electron chi connectivity index (χ4n) is 2.07. The second kappa shape index (κ2) is 6.69. The summed E-state index contributed by atoms with van der Waals surface area (Å²) in [5.74, 6) is 0.200. The number of nitrogens with zero attached hydrogens (tertiary/aromatic N) is 1. The Hall–Kier alpha value is -1.22. The largest absolute Gasteiger partial charge is 0.381 e. The Morgan fingerprint density at radius 2 is 2.05 bits per heavy atom. The summed E-state index contributed by atoms with van der Waals surface area (Å²) in [5.41, 5.74) is -0.314. The molecule has 1 saturated heterocycles. The van der Waals surface area contributed by atoms with Crippen molar-refractivity contribution >= 4 is 27.3 Å². The Balaban J connectivity index is 2.14. The summed E-state index contributed by atoms with van der Waals surface area (Å²) in [6.07, 6.45) is 1.57. The van der Waals surface area contributed by atoms with E-state index in [2.05, 4.69) is 4.72 Å². The van der Waals surface area contributed by atoms with Gasteiger partial charge in [-0.25, -0.2) is 13.1 Å². The van der Waals surface area contributed by atoms with Crippen LogP contribution in [0.4, 0.5) is 5.69 Å². The van der Waals surface area contributed by atoms with E-state index in [1.807, 2.05) is 0 Å². The van der Waals surface area contributed by atoms with Crippen LogP contribution >= 0.6 is 11.6 Å². The number of nitro benzene ring substituents is 1. The predicted octanol–water partition coefficient (Wildman–Crippen LogP) is 1.95. The molecule has 1 fully saturated rings. The Morgan fingerprint density at radius 1 is 1.38 bits per heavy atom. The molecule has 0 atom stereocenters.